The van der Waals surface area contributed by atoms with Crippen molar-refractivity contribution in [3.8, 4) is 0 Å². The van der Waals surface area contributed by atoms with Crippen LogP contribution < -0.4 is 14.7 Å². The third kappa shape index (κ3) is 3.44. The van der Waals surface area contributed by atoms with Gasteiger partial charge in [-0.1, -0.05) is 0 Å². The van der Waals surface area contributed by atoms with Gasteiger partial charge in [-0.2, -0.15) is 5.10 Å². The van der Waals surface area contributed by atoms with Crippen LogP contribution in [0.3, 0.4) is 0 Å². The maximum Gasteiger partial charge on any atom is 0.163 e. The summed E-state index contributed by atoms with van der Waals surface area (Å²) in [5.74, 6) is 3.74. The Hall–Kier alpha value is -3.01. The summed E-state index contributed by atoms with van der Waals surface area (Å²) in [6.45, 7) is 8.71. The molecule has 0 saturated carbocycles. The molecule has 0 amide bonds. The van der Waals surface area contributed by atoms with Crippen molar-refractivity contribution in [2.45, 2.75) is 6.92 Å². The molecule has 0 N–H and O–H groups in total. The zero-order valence-electron chi connectivity index (χ0n) is 16.8. The zero-order valence-corrected chi connectivity index (χ0v) is 16.8. The van der Waals surface area contributed by atoms with Crippen molar-refractivity contribution in [2.75, 3.05) is 67.2 Å². The molecule has 0 aliphatic carbocycles. The molecule has 0 bridgehead atoms. The van der Waals surface area contributed by atoms with Gasteiger partial charge in [-0.25, -0.2) is 19.9 Å². The quantitative estimate of drug-likeness (QED) is 0.633. The molecule has 0 atom stereocenters. The van der Waals surface area contributed by atoms with E-state index in [1.165, 1.54) is 0 Å². The van der Waals surface area contributed by atoms with Crippen molar-refractivity contribution in [3.63, 3.8) is 0 Å². The number of aromatic nitrogens is 6. The van der Waals surface area contributed by atoms with Gasteiger partial charge in [0.05, 0.1) is 24.8 Å². The molecule has 5 rings (SSSR count). The standard InChI is InChI=1S/C19H25N9O/c1-14-23-16(11-17(24-14)27-7-9-29-10-8-27)26-3-5-28(6-4-26)19-15-12-22-25(2)18(15)20-13-21-19/h11-13H,3-10H2,1-2H3. The first-order valence-corrected chi connectivity index (χ1v) is 10.00. The number of anilines is 3. The minimum absolute atomic E-state index is 0.749. The van der Waals surface area contributed by atoms with Crippen molar-refractivity contribution >= 4 is 28.5 Å². The number of hydrogen-bond acceptors (Lipinski definition) is 9. The molecule has 0 aromatic carbocycles. The van der Waals surface area contributed by atoms with Gasteiger partial charge in [0.25, 0.3) is 0 Å². The van der Waals surface area contributed by atoms with E-state index >= 15 is 0 Å². The molecule has 5 heterocycles. The maximum atomic E-state index is 5.47. The van der Waals surface area contributed by atoms with Crippen LogP contribution in [0, 0.1) is 6.92 Å². The highest BCUT2D eigenvalue weighted by atomic mass is 16.5. The van der Waals surface area contributed by atoms with Crippen molar-refractivity contribution in [1.29, 1.82) is 0 Å². The summed E-state index contributed by atoms with van der Waals surface area (Å²) in [7, 11) is 1.90. The lowest BCUT2D eigenvalue weighted by Crippen LogP contribution is -2.47. The molecular weight excluding hydrogens is 370 g/mol. The second-order valence-corrected chi connectivity index (χ2v) is 7.41. The number of fused-ring (bicyclic) bond motifs is 1. The van der Waals surface area contributed by atoms with Gasteiger partial charge < -0.3 is 19.4 Å². The van der Waals surface area contributed by atoms with Crippen molar-refractivity contribution in [2.24, 2.45) is 7.05 Å². The van der Waals surface area contributed by atoms with Crippen LogP contribution in [-0.4, -0.2) is 82.2 Å². The van der Waals surface area contributed by atoms with E-state index in [4.69, 9.17) is 9.72 Å². The van der Waals surface area contributed by atoms with E-state index in [2.05, 4.69) is 40.8 Å². The van der Waals surface area contributed by atoms with Crippen molar-refractivity contribution in [3.05, 3.63) is 24.4 Å². The molecule has 2 fully saturated rings. The van der Waals surface area contributed by atoms with Crippen LogP contribution in [0.5, 0.6) is 0 Å². The molecule has 152 valence electrons. The fraction of sp³-hybridized carbons (Fsp3) is 0.526. The lowest BCUT2D eigenvalue weighted by Gasteiger charge is -2.36. The summed E-state index contributed by atoms with van der Waals surface area (Å²) < 4.78 is 7.25. The predicted octanol–water partition coefficient (Wildman–Crippen LogP) is 0.625. The first-order valence-electron chi connectivity index (χ1n) is 10.00. The van der Waals surface area contributed by atoms with E-state index in [0.717, 1.165) is 86.8 Å². The molecule has 29 heavy (non-hydrogen) atoms. The van der Waals surface area contributed by atoms with E-state index < -0.39 is 0 Å². The number of rotatable bonds is 3. The Labute approximate surface area is 169 Å². The first-order chi connectivity index (χ1) is 14.2. The number of nitrogens with zero attached hydrogens (tertiary/aromatic N) is 9. The lowest BCUT2D eigenvalue weighted by molar-refractivity contribution is 0.122. The highest BCUT2D eigenvalue weighted by Gasteiger charge is 2.23. The summed E-state index contributed by atoms with van der Waals surface area (Å²) >= 11 is 0. The summed E-state index contributed by atoms with van der Waals surface area (Å²) in [4.78, 5) is 25.1. The molecule has 3 aromatic heterocycles. The van der Waals surface area contributed by atoms with Crippen LogP contribution in [0.4, 0.5) is 17.5 Å². The second-order valence-electron chi connectivity index (χ2n) is 7.41. The molecule has 2 saturated heterocycles. The fourth-order valence-corrected chi connectivity index (χ4v) is 4.00. The number of aryl methyl sites for hydroxylation is 2. The summed E-state index contributed by atoms with van der Waals surface area (Å²) in [5.41, 5.74) is 0.860. The van der Waals surface area contributed by atoms with Gasteiger partial charge in [-0.3, -0.25) is 4.68 Å². The monoisotopic (exact) mass is 395 g/mol. The highest BCUT2D eigenvalue weighted by molar-refractivity contribution is 5.86. The normalized spacial score (nSPS) is 17.9. The van der Waals surface area contributed by atoms with Gasteiger partial charge in [0, 0.05) is 52.4 Å². The Kier molecular flexibility index (Phi) is 4.62. The first kappa shape index (κ1) is 18.0. The van der Waals surface area contributed by atoms with E-state index in [9.17, 15) is 0 Å². The van der Waals surface area contributed by atoms with Gasteiger partial charge in [0.15, 0.2) is 5.65 Å². The number of ether oxygens (including phenoxy) is 1. The smallest absolute Gasteiger partial charge is 0.163 e. The Morgan fingerprint density at radius 2 is 1.52 bits per heavy atom. The number of piperazine rings is 1. The van der Waals surface area contributed by atoms with Gasteiger partial charge in [-0.15, -0.1) is 0 Å². The largest absolute Gasteiger partial charge is 0.378 e. The third-order valence-corrected chi connectivity index (χ3v) is 5.56. The molecule has 0 unspecified atom stereocenters. The Bertz CT molecular complexity index is 1010. The average molecular weight is 395 g/mol. The van der Waals surface area contributed by atoms with Crippen LogP contribution in [0.25, 0.3) is 11.0 Å². The summed E-state index contributed by atoms with van der Waals surface area (Å²) in [5, 5.41) is 5.32. The zero-order chi connectivity index (χ0) is 19.8. The predicted molar refractivity (Wildman–Crippen MR) is 111 cm³/mol. The van der Waals surface area contributed by atoms with Crippen LogP contribution in [0.1, 0.15) is 5.82 Å². The highest BCUT2D eigenvalue weighted by Crippen LogP contribution is 2.25. The third-order valence-electron chi connectivity index (χ3n) is 5.56. The van der Waals surface area contributed by atoms with Gasteiger partial charge in [0.1, 0.15) is 29.6 Å². The Morgan fingerprint density at radius 1 is 0.862 bits per heavy atom. The maximum absolute atomic E-state index is 5.47. The topological polar surface area (TPSA) is 88.3 Å². The molecule has 3 aromatic rings. The van der Waals surface area contributed by atoms with E-state index in [0.29, 0.717) is 0 Å². The Balaban J connectivity index is 1.33. The van der Waals surface area contributed by atoms with Crippen LogP contribution in [0.2, 0.25) is 0 Å². The van der Waals surface area contributed by atoms with Crippen LogP contribution in [0.15, 0.2) is 18.6 Å². The van der Waals surface area contributed by atoms with Crippen LogP contribution >= 0.6 is 0 Å². The molecule has 10 heteroatoms. The molecule has 10 nitrogen and oxygen atoms in total. The molecule has 2 aliphatic heterocycles. The minimum Gasteiger partial charge on any atom is -0.378 e. The van der Waals surface area contributed by atoms with E-state index in [-0.39, 0.29) is 0 Å². The fourth-order valence-electron chi connectivity index (χ4n) is 4.00. The molecule has 0 radical (unpaired) electrons. The van der Waals surface area contributed by atoms with Gasteiger partial charge in [-0.05, 0) is 6.92 Å². The average Bonchev–Trinajstić information content (AvgIpc) is 3.15. The number of morpholine rings is 1. The SMILES string of the molecule is Cc1nc(N2CCOCC2)cc(N2CCN(c3ncnc4c3cnn4C)CC2)n1. The summed E-state index contributed by atoms with van der Waals surface area (Å²) in [6.07, 6.45) is 3.47. The second kappa shape index (κ2) is 7.43. The van der Waals surface area contributed by atoms with Gasteiger partial charge >= 0.3 is 0 Å². The Morgan fingerprint density at radius 3 is 2.24 bits per heavy atom. The van der Waals surface area contributed by atoms with E-state index in [1.54, 1.807) is 11.0 Å². The van der Waals surface area contributed by atoms with Crippen molar-refractivity contribution < 1.29 is 4.74 Å². The van der Waals surface area contributed by atoms with Crippen molar-refractivity contribution in [1.82, 2.24) is 29.7 Å². The molecule has 0 spiro atoms. The minimum atomic E-state index is 0.749. The van der Waals surface area contributed by atoms with Crippen LogP contribution in [-0.2, 0) is 11.8 Å². The molecular formula is C19H25N9O. The molecule has 2 aliphatic rings. The van der Waals surface area contributed by atoms with Gasteiger partial charge in [0.2, 0.25) is 0 Å². The summed E-state index contributed by atoms with van der Waals surface area (Å²) in [6, 6.07) is 2.11. The van der Waals surface area contributed by atoms with E-state index in [1.807, 2.05) is 20.2 Å². The number of hydrogen-bond donors (Lipinski definition) is 0. The lowest BCUT2D eigenvalue weighted by atomic mass is 10.2.